The standard InChI is InChI=1S/C30H34F6N4O3/c1-19-5-3-4-6-24(19)26-25-15-21(18-38-9-11-43-12-10-38)27(41)39(25)7-8-40(26)28(42)37(2)17-20-13-22(29(31,32)33)16-23(14-20)30(34,35)36/h3-6,13-14,16,21,25-26H,7-12,15,17-18H2,1-2H3. The first-order chi connectivity index (χ1) is 20.2. The normalized spacial score (nSPS) is 23.4. The third kappa shape index (κ3) is 6.62. The molecule has 3 atom stereocenters. The Hall–Kier alpha value is -3.32. The van der Waals surface area contributed by atoms with Gasteiger partial charge in [-0.15, -0.1) is 0 Å². The molecular formula is C30H34F6N4O3. The van der Waals surface area contributed by atoms with Crippen molar-refractivity contribution in [1.29, 1.82) is 0 Å². The number of aryl methyl sites for hydroxylation is 1. The summed E-state index contributed by atoms with van der Waals surface area (Å²) in [5.41, 5.74) is -1.39. The molecule has 2 aromatic carbocycles. The van der Waals surface area contributed by atoms with Gasteiger partial charge in [-0.05, 0) is 48.2 Å². The lowest BCUT2D eigenvalue weighted by molar-refractivity contribution is -0.143. The number of hydrogen-bond donors (Lipinski definition) is 0. The predicted molar refractivity (Wildman–Crippen MR) is 145 cm³/mol. The SMILES string of the molecule is Cc1ccccc1C1C2CC(CN3CCOCC3)C(=O)N2CCN1C(=O)N(C)Cc1cc(C(F)(F)F)cc(C(F)(F)F)c1. The van der Waals surface area contributed by atoms with Crippen molar-refractivity contribution in [2.75, 3.05) is 53.0 Å². The number of urea groups is 1. The zero-order valence-corrected chi connectivity index (χ0v) is 23.9. The molecule has 3 heterocycles. The molecule has 3 amide bonds. The molecule has 234 valence electrons. The summed E-state index contributed by atoms with van der Waals surface area (Å²) in [6.07, 6.45) is -9.46. The van der Waals surface area contributed by atoms with E-state index < -0.39 is 42.1 Å². The van der Waals surface area contributed by atoms with E-state index in [1.807, 2.05) is 36.1 Å². The van der Waals surface area contributed by atoms with Crippen molar-refractivity contribution < 1.29 is 40.7 Å². The van der Waals surface area contributed by atoms with Gasteiger partial charge in [0.15, 0.2) is 0 Å². The monoisotopic (exact) mass is 612 g/mol. The topological polar surface area (TPSA) is 56.3 Å². The third-order valence-corrected chi connectivity index (χ3v) is 8.57. The van der Waals surface area contributed by atoms with E-state index in [0.717, 1.165) is 29.1 Å². The lowest BCUT2D eigenvalue weighted by Crippen LogP contribution is -2.57. The first-order valence-corrected chi connectivity index (χ1v) is 14.2. The first-order valence-electron chi connectivity index (χ1n) is 14.2. The highest BCUT2D eigenvalue weighted by Crippen LogP contribution is 2.42. The van der Waals surface area contributed by atoms with Crippen LogP contribution >= 0.6 is 0 Å². The van der Waals surface area contributed by atoms with Crippen LogP contribution in [0, 0.1) is 12.8 Å². The largest absolute Gasteiger partial charge is 0.416 e. The molecule has 5 rings (SSSR count). The van der Waals surface area contributed by atoms with Gasteiger partial charge in [0.05, 0.1) is 42.3 Å². The van der Waals surface area contributed by atoms with Crippen LogP contribution in [0.25, 0.3) is 0 Å². The minimum Gasteiger partial charge on any atom is -0.379 e. The number of benzene rings is 2. The van der Waals surface area contributed by atoms with Crippen molar-refractivity contribution in [3.8, 4) is 0 Å². The van der Waals surface area contributed by atoms with Crippen LogP contribution in [0.3, 0.4) is 0 Å². The van der Waals surface area contributed by atoms with E-state index in [4.69, 9.17) is 4.74 Å². The molecule has 43 heavy (non-hydrogen) atoms. The zero-order valence-electron chi connectivity index (χ0n) is 23.9. The van der Waals surface area contributed by atoms with Crippen LogP contribution in [0.1, 0.15) is 40.3 Å². The van der Waals surface area contributed by atoms with E-state index >= 15 is 0 Å². The van der Waals surface area contributed by atoms with Gasteiger partial charge in [0, 0.05) is 46.3 Å². The number of halogens is 6. The molecule has 0 aliphatic carbocycles. The van der Waals surface area contributed by atoms with Gasteiger partial charge in [-0.1, -0.05) is 24.3 Å². The summed E-state index contributed by atoms with van der Waals surface area (Å²) in [5.74, 6) is -0.229. The molecule has 3 saturated heterocycles. The zero-order chi connectivity index (χ0) is 31.1. The number of carbonyl (C=O) groups is 2. The second kappa shape index (κ2) is 12.0. The van der Waals surface area contributed by atoms with Gasteiger partial charge in [0.2, 0.25) is 5.91 Å². The maximum absolute atomic E-state index is 13.9. The average Bonchev–Trinajstić information content (AvgIpc) is 3.26. The Morgan fingerprint density at radius 2 is 1.58 bits per heavy atom. The van der Waals surface area contributed by atoms with E-state index in [1.165, 1.54) is 7.05 Å². The fourth-order valence-corrected chi connectivity index (χ4v) is 6.48. The van der Waals surface area contributed by atoms with Crippen LogP contribution < -0.4 is 0 Å². The number of nitrogens with zero attached hydrogens (tertiary/aromatic N) is 4. The second-order valence-corrected chi connectivity index (χ2v) is 11.5. The minimum atomic E-state index is -4.99. The Balaban J connectivity index is 1.42. The number of rotatable bonds is 5. The van der Waals surface area contributed by atoms with E-state index in [2.05, 4.69) is 4.90 Å². The summed E-state index contributed by atoms with van der Waals surface area (Å²) < 4.78 is 86.1. The Labute approximate surface area is 246 Å². The maximum atomic E-state index is 13.9. The Bertz CT molecular complexity index is 1310. The Morgan fingerprint density at radius 3 is 2.19 bits per heavy atom. The lowest BCUT2D eigenvalue weighted by Gasteiger charge is -2.46. The smallest absolute Gasteiger partial charge is 0.379 e. The van der Waals surface area contributed by atoms with Crippen molar-refractivity contribution in [3.05, 3.63) is 70.3 Å². The van der Waals surface area contributed by atoms with E-state index in [-0.39, 0.29) is 42.6 Å². The maximum Gasteiger partial charge on any atom is 0.416 e. The number of carbonyl (C=O) groups excluding carboxylic acids is 2. The number of hydrogen-bond acceptors (Lipinski definition) is 4. The first kappa shape index (κ1) is 31.1. The summed E-state index contributed by atoms with van der Waals surface area (Å²) in [6.45, 7) is 5.15. The number of amides is 3. The third-order valence-electron chi connectivity index (χ3n) is 8.57. The van der Waals surface area contributed by atoms with Crippen LogP contribution in [-0.4, -0.2) is 90.6 Å². The van der Waals surface area contributed by atoms with Gasteiger partial charge in [-0.2, -0.15) is 26.3 Å². The second-order valence-electron chi connectivity index (χ2n) is 11.5. The molecule has 0 N–H and O–H groups in total. The van der Waals surface area contributed by atoms with E-state index in [1.54, 1.807) is 4.90 Å². The predicted octanol–water partition coefficient (Wildman–Crippen LogP) is 5.19. The summed E-state index contributed by atoms with van der Waals surface area (Å²) in [4.78, 5) is 34.2. The molecular weight excluding hydrogens is 578 g/mol. The molecule has 3 fully saturated rings. The quantitative estimate of drug-likeness (QED) is 0.437. The van der Waals surface area contributed by atoms with Crippen LogP contribution in [-0.2, 0) is 28.4 Å². The molecule has 0 aromatic heterocycles. The molecule has 3 aliphatic heterocycles. The van der Waals surface area contributed by atoms with Crippen LogP contribution in [0.2, 0.25) is 0 Å². The van der Waals surface area contributed by atoms with Crippen molar-refractivity contribution >= 4 is 11.9 Å². The van der Waals surface area contributed by atoms with Gasteiger partial charge in [0.1, 0.15) is 0 Å². The highest BCUT2D eigenvalue weighted by molar-refractivity contribution is 5.83. The average molecular weight is 613 g/mol. The Kier molecular flexibility index (Phi) is 8.68. The molecule has 13 heteroatoms. The molecule has 3 aliphatic rings. The Morgan fingerprint density at radius 1 is 0.953 bits per heavy atom. The molecule has 3 unspecified atom stereocenters. The van der Waals surface area contributed by atoms with Gasteiger partial charge >= 0.3 is 18.4 Å². The molecule has 0 radical (unpaired) electrons. The molecule has 0 saturated carbocycles. The summed E-state index contributed by atoms with van der Waals surface area (Å²) in [7, 11) is 1.36. The summed E-state index contributed by atoms with van der Waals surface area (Å²) in [5, 5.41) is 0. The van der Waals surface area contributed by atoms with Crippen molar-refractivity contribution in [2.24, 2.45) is 5.92 Å². The van der Waals surface area contributed by atoms with Crippen molar-refractivity contribution in [2.45, 2.75) is 44.3 Å². The number of morpholine rings is 1. The van der Waals surface area contributed by atoms with E-state index in [9.17, 15) is 35.9 Å². The van der Waals surface area contributed by atoms with Gasteiger partial charge in [0.25, 0.3) is 0 Å². The highest BCUT2D eigenvalue weighted by atomic mass is 19.4. The minimum absolute atomic E-state index is 0.0270. The molecule has 2 aromatic rings. The van der Waals surface area contributed by atoms with Crippen molar-refractivity contribution in [3.63, 3.8) is 0 Å². The van der Waals surface area contributed by atoms with Crippen LogP contribution in [0.15, 0.2) is 42.5 Å². The molecule has 0 bridgehead atoms. The highest BCUT2D eigenvalue weighted by Gasteiger charge is 2.50. The summed E-state index contributed by atoms with van der Waals surface area (Å²) >= 11 is 0. The van der Waals surface area contributed by atoms with Crippen molar-refractivity contribution in [1.82, 2.24) is 19.6 Å². The number of ether oxygens (including phenoxy) is 1. The van der Waals surface area contributed by atoms with Crippen LogP contribution in [0.4, 0.5) is 31.1 Å². The van der Waals surface area contributed by atoms with Gasteiger partial charge < -0.3 is 19.4 Å². The number of piperazine rings is 1. The lowest BCUT2D eigenvalue weighted by atomic mass is 9.89. The molecule has 7 nitrogen and oxygen atoms in total. The number of alkyl halides is 6. The number of fused-ring (bicyclic) bond motifs is 1. The fourth-order valence-electron chi connectivity index (χ4n) is 6.48. The van der Waals surface area contributed by atoms with Gasteiger partial charge in [-0.3, -0.25) is 9.69 Å². The van der Waals surface area contributed by atoms with E-state index in [0.29, 0.717) is 38.3 Å². The summed E-state index contributed by atoms with van der Waals surface area (Å²) in [6, 6.07) is 7.47. The van der Waals surface area contributed by atoms with Crippen LogP contribution in [0.5, 0.6) is 0 Å². The fraction of sp³-hybridized carbons (Fsp3) is 0.533. The molecule has 0 spiro atoms. The van der Waals surface area contributed by atoms with Gasteiger partial charge in [-0.25, -0.2) is 4.79 Å².